The maximum atomic E-state index is 10.7. The van der Waals surface area contributed by atoms with Gasteiger partial charge in [0.25, 0.3) is 0 Å². The van der Waals surface area contributed by atoms with Crippen LogP contribution in [-0.2, 0) is 0 Å². The summed E-state index contributed by atoms with van der Waals surface area (Å²) in [5.41, 5.74) is 0.865. The zero-order chi connectivity index (χ0) is 9.42. The fourth-order valence-electron chi connectivity index (χ4n) is 1.09. The Bertz CT molecular complexity index is 527. The lowest BCUT2D eigenvalue weighted by Crippen LogP contribution is -1.95. The van der Waals surface area contributed by atoms with Crippen molar-refractivity contribution in [2.24, 2.45) is 0 Å². The number of aromatic amines is 1. The number of fused-ring (bicyclic) bond motifs is 1. The number of aromatic nitrogens is 1. The number of rotatable bonds is 1. The number of carboxylic acid groups (broad SMARTS) is 1. The van der Waals surface area contributed by atoms with Gasteiger partial charge in [-0.3, -0.25) is 4.98 Å². The standard InChI is InChI=1S/C8H5NO4.ClH/c10-7(11)4-1-2-6-5(3-4)9-8(12)13-6;/h1-3H,(H,9,12)(H,10,11);1H. The van der Waals surface area contributed by atoms with E-state index in [1.807, 2.05) is 0 Å². The van der Waals surface area contributed by atoms with Crippen LogP contribution in [0.15, 0.2) is 27.4 Å². The molecule has 0 radical (unpaired) electrons. The summed E-state index contributed by atoms with van der Waals surface area (Å²) >= 11 is 0. The Kier molecular flexibility index (Phi) is 2.62. The zero-order valence-electron chi connectivity index (χ0n) is 6.81. The van der Waals surface area contributed by atoms with Gasteiger partial charge in [-0.05, 0) is 18.2 Å². The second-order valence-electron chi connectivity index (χ2n) is 2.53. The highest BCUT2D eigenvalue weighted by Crippen LogP contribution is 2.11. The van der Waals surface area contributed by atoms with Crippen LogP contribution in [0.25, 0.3) is 11.1 Å². The summed E-state index contributed by atoms with van der Waals surface area (Å²) in [5.74, 6) is -1.62. The van der Waals surface area contributed by atoms with E-state index in [9.17, 15) is 9.59 Å². The van der Waals surface area contributed by atoms with Crippen molar-refractivity contribution in [1.29, 1.82) is 0 Å². The van der Waals surface area contributed by atoms with Crippen molar-refractivity contribution in [3.05, 3.63) is 34.3 Å². The molecule has 74 valence electrons. The summed E-state index contributed by atoms with van der Waals surface area (Å²) in [4.78, 5) is 23.6. The molecule has 0 unspecified atom stereocenters. The number of hydrogen-bond donors (Lipinski definition) is 2. The van der Waals surface area contributed by atoms with E-state index >= 15 is 0 Å². The minimum Gasteiger partial charge on any atom is -0.478 e. The van der Waals surface area contributed by atoms with Gasteiger partial charge in [-0.1, -0.05) is 0 Å². The number of benzene rings is 1. The summed E-state index contributed by atoms with van der Waals surface area (Å²) in [7, 11) is 0. The molecule has 0 spiro atoms. The Balaban J connectivity index is 0.000000980. The Hall–Kier alpha value is -1.75. The van der Waals surface area contributed by atoms with Crippen molar-refractivity contribution in [1.82, 2.24) is 4.98 Å². The molecular weight excluding hydrogens is 210 g/mol. The molecule has 0 saturated heterocycles. The first-order valence-electron chi connectivity index (χ1n) is 3.53. The van der Waals surface area contributed by atoms with Gasteiger partial charge >= 0.3 is 11.7 Å². The summed E-state index contributed by atoms with van der Waals surface area (Å²) < 4.78 is 4.70. The molecule has 2 aromatic rings. The minimum atomic E-state index is -1.04. The second kappa shape index (κ2) is 3.55. The highest BCUT2D eigenvalue weighted by atomic mass is 35.5. The van der Waals surface area contributed by atoms with Gasteiger partial charge < -0.3 is 9.52 Å². The lowest BCUT2D eigenvalue weighted by Gasteiger charge is -1.91. The van der Waals surface area contributed by atoms with E-state index in [1.165, 1.54) is 18.2 Å². The lowest BCUT2D eigenvalue weighted by molar-refractivity contribution is 0.0697. The Labute approximate surface area is 83.8 Å². The predicted molar refractivity (Wildman–Crippen MR) is 51.0 cm³/mol. The van der Waals surface area contributed by atoms with Gasteiger partial charge in [0.05, 0.1) is 11.1 Å². The third-order valence-electron chi connectivity index (χ3n) is 1.67. The predicted octanol–water partition coefficient (Wildman–Crippen LogP) is 1.24. The van der Waals surface area contributed by atoms with Gasteiger partial charge in [0.15, 0.2) is 5.58 Å². The first kappa shape index (κ1) is 10.3. The second-order valence-corrected chi connectivity index (χ2v) is 2.53. The molecule has 0 saturated carbocycles. The zero-order valence-corrected chi connectivity index (χ0v) is 7.63. The molecule has 0 aliphatic rings. The van der Waals surface area contributed by atoms with E-state index in [4.69, 9.17) is 9.52 Å². The first-order chi connectivity index (χ1) is 6.16. The molecule has 14 heavy (non-hydrogen) atoms. The van der Waals surface area contributed by atoms with Crippen LogP contribution < -0.4 is 5.76 Å². The largest absolute Gasteiger partial charge is 0.478 e. The maximum absolute atomic E-state index is 10.7. The van der Waals surface area contributed by atoms with Crippen molar-refractivity contribution in [2.45, 2.75) is 0 Å². The molecule has 2 N–H and O–H groups in total. The molecule has 0 bridgehead atoms. The van der Waals surface area contributed by atoms with Crippen molar-refractivity contribution < 1.29 is 14.3 Å². The quantitative estimate of drug-likeness (QED) is 0.750. The van der Waals surface area contributed by atoms with Crippen LogP contribution >= 0.6 is 12.4 Å². The Morgan fingerprint density at radius 2 is 2.14 bits per heavy atom. The molecule has 0 fully saturated rings. The smallest absolute Gasteiger partial charge is 0.417 e. The third-order valence-corrected chi connectivity index (χ3v) is 1.67. The van der Waals surface area contributed by atoms with Crippen molar-refractivity contribution in [2.75, 3.05) is 0 Å². The number of halogens is 1. The van der Waals surface area contributed by atoms with Crippen LogP contribution in [0, 0.1) is 0 Å². The minimum absolute atomic E-state index is 0. The molecule has 1 aromatic heterocycles. The molecule has 0 atom stereocenters. The normalized spacial score (nSPS) is 9.71. The third kappa shape index (κ3) is 1.62. The van der Waals surface area contributed by atoms with Gasteiger partial charge in [0.2, 0.25) is 0 Å². The molecule has 0 aliphatic heterocycles. The highest BCUT2D eigenvalue weighted by Gasteiger charge is 2.06. The fourth-order valence-corrected chi connectivity index (χ4v) is 1.09. The van der Waals surface area contributed by atoms with E-state index in [-0.39, 0.29) is 18.0 Å². The topological polar surface area (TPSA) is 83.3 Å². The number of hydrogen-bond acceptors (Lipinski definition) is 3. The fraction of sp³-hybridized carbons (Fsp3) is 0. The highest BCUT2D eigenvalue weighted by molar-refractivity contribution is 5.91. The van der Waals surface area contributed by atoms with Crippen LogP contribution in [0.2, 0.25) is 0 Å². The molecule has 5 nitrogen and oxygen atoms in total. The maximum Gasteiger partial charge on any atom is 0.417 e. The first-order valence-corrected chi connectivity index (χ1v) is 3.53. The van der Waals surface area contributed by atoms with E-state index in [1.54, 1.807) is 0 Å². The Morgan fingerprint density at radius 1 is 1.43 bits per heavy atom. The van der Waals surface area contributed by atoms with E-state index in [0.717, 1.165) is 0 Å². The van der Waals surface area contributed by atoms with Crippen LogP contribution in [0.3, 0.4) is 0 Å². The van der Waals surface area contributed by atoms with Gasteiger partial charge in [0, 0.05) is 0 Å². The van der Waals surface area contributed by atoms with Crippen LogP contribution in [0.5, 0.6) is 0 Å². The molecule has 1 aromatic carbocycles. The van der Waals surface area contributed by atoms with Crippen LogP contribution in [-0.4, -0.2) is 16.1 Å². The van der Waals surface area contributed by atoms with E-state index in [2.05, 4.69) is 4.98 Å². The summed E-state index contributed by atoms with van der Waals surface area (Å²) in [6, 6.07) is 4.17. The molecule has 0 aliphatic carbocycles. The van der Waals surface area contributed by atoms with Crippen LogP contribution in [0.4, 0.5) is 0 Å². The molecule has 2 rings (SSSR count). The number of aromatic carboxylic acids is 1. The average molecular weight is 216 g/mol. The van der Waals surface area contributed by atoms with Gasteiger partial charge in [-0.25, -0.2) is 9.59 Å². The van der Waals surface area contributed by atoms with Gasteiger partial charge in [-0.15, -0.1) is 12.4 Å². The molecule has 1 heterocycles. The van der Waals surface area contributed by atoms with Gasteiger partial charge in [-0.2, -0.15) is 0 Å². The SMILES string of the molecule is Cl.O=C(O)c1ccc2oc(=O)[nH]c2c1. The average Bonchev–Trinajstić information content (AvgIpc) is 2.42. The van der Waals surface area contributed by atoms with Crippen LogP contribution in [0.1, 0.15) is 10.4 Å². The molecular formula is C8H6ClNO4. The Morgan fingerprint density at radius 3 is 2.79 bits per heavy atom. The number of nitrogens with one attached hydrogen (secondary N) is 1. The van der Waals surface area contributed by atoms with Crippen molar-refractivity contribution in [3.8, 4) is 0 Å². The number of H-pyrrole nitrogens is 1. The van der Waals surface area contributed by atoms with Crippen molar-refractivity contribution in [3.63, 3.8) is 0 Å². The van der Waals surface area contributed by atoms with E-state index < -0.39 is 11.7 Å². The van der Waals surface area contributed by atoms with E-state index in [0.29, 0.717) is 11.1 Å². The monoisotopic (exact) mass is 215 g/mol. The van der Waals surface area contributed by atoms with Crippen molar-refractivity contribution >= 4 is 29.5 Å². The molecule has 0 amide bonds. The number of carbonyl (C=O) groups is 1. The molecule has 6 heteroatoms. The number of oxazole rings is 1. The summed E-state index contributed by atoms with van der Waals surface area (Å²) in [5, 5.41) is 8.63. The van der Waals surface area contributed by atoms with Gasteiger partial charge in [0.1, 0.15) is 0 Å². The lowest BCUT2D eigenvalue weighted by atomic mass is 10.2. The number of carboxylic acids is 1. The summed E-state index contributed by atoms with van der Waals surface area (Å²) in [6.45, 7) is 0. The summed E-state index contributed by atoms with van der Waals surface area (Å²) in [6.07, 6.45) is 0.